The first kappa shape index (κ1) is 16.2. The smallest absolute Gasteiger partial charge is 0.124 e. The van der Waals surface area contributed by atoms with Crippen molar-refractivity contribution in [3.05, 3.63) is 29.1 Å². The first-order valence-corrected chi connectivity index (χ1v) is 8.07. The fraction of sp³-hybridized carbons (Fsp3) is 0.647. The van der Waals surface area contributed by atoms with Crippen LogP contribution in [0.2, 0.25) is 0 Å². The Morgan fingerprint density at radius 3 is 2.67 bits per heavy atom. The standard InChI is InChI=1S/C17H27FN2O/c1-3-4-5-6-16(20-9-7-19-8-10-20)15-12-14(18)11-13(2)17(15)21/h11-12,16,19,21H,3-10H2,1-2H3/t16-/m1/s1. The topological polar surface area (TPSA) is 35.5 Å². The highest BCUT2D eigenvalue weighted by molar-refractivity contribution is 5.42. The van der Waals surface area contributed by atoms with Crippen LogP contribution < -0.4 is 5.32 Å². The number of rotatable bonds is 6. The minimum atomic E-state index is -0.254. The molecule has 4 heteroatoms. The zero-order valence-electron chi connectivity index (χ0n) is 13.2. The lowest BCUT2D eigenvalue weighted by molar-refractivity contribution is 0.160. The van der Waals surface area contributed by atoms with E-state index in [1.807, 2.05) is 0 Å². The van der Waals surface area contributed by atoms with E-state index in [2.05, 4.69) is 17.1 Å². The number of hydrogen-bond donors (Lipinski definition) is 2. The molecule has 0 amide bonds. The monoisotopic (exact) mass is 294 g/mol. The third-order valence-electron chi connectivity index (χ3n) is 4.33. The van der Waals surface area contributed by atoms with Gasteiger partial charge in [0.25, 0.3) is 0 Å². The van der Waals surface area contributed by atoms with E-state index in [4.69, 9.17) is 0 Å². The molecule has 0 radical (unpaired) electrons. The van der Waals surface area contributed by atoms with E-state index < -0.39 is 0 Å². The van der Waals surface area contributed by atoms with Crippen molar-refractivity contribution in [2.45, 2.75) is 45.6 Å². The molecular formula is C17H27FN2O. The van der Waals surface area contributed by atoms with Crippen LogP contribution in [0.15, 0.2) is 12.1 Å². The third kappa shape index (κ3) is 4.17. The Kier molecular flexibility index (Phi) is 6.00. The molecule has 118 valence electrons. The first-order chi connectivity index (χ1) is 10.1. The largest absolute Gasteiger partial charge is 0.507 e. The number of halogens is 1. The summed E-state index contributed by atoms with van der Waals surface area (Å²) in [4.78, 5) is 2.38. The molecule has 2 N–H and O–H groups in total. The molecule has 21 heavy (non-hydrogen) atoms. The number of piperazine rings is 1. The van der Waals surface area contributed by atoms with Crippen LogP contribution in [0.1, 0.15) is 49.8 Å². The number of nitrogens with zero attached hydrogens (tertiary/aromatic N) is 1. The zero-order chi connectivity index (χ0) is 15.2. The van der Waals surface area contributed by atoms with Crippen LogP contribution in [0.25, 0.3) is 0 Å². The Balaban J connectivity index is 2.24. The predicted molar refractivity (Wildman–Crippen MR) is 84.1 cm³/mol. The maximum Gasteiger partial charge on any atom is 0.124 e. The highest BCUT2D eigenvalue weighted by Gasteiger charge is 2.25. The number of benzene rings is 1. The number of unbranched alkanes of at least 4 members (excludes halogenated alkanes) is 2. The summed E-state index contributed by atoms with van der Waals surface area (Å²) < 4.78 is 13.8. The van der Waals surface area contributed by atoms with Gasteiger partial charge in [0.15, 0.2) is 0 Å². The summed E-state index contributed by atoms with van der Waals surface area (Å²) in [5, 5.41) is 13.7. The van der Waals surface area contributed by atoms with Crippen LogP contribution in [0.5, 0.6) is 5.75 Å². The Hall–Kier alpha value is -1.13. The quantitative estimate of drug-likeness (QED) is 0.790. The van der Waals surface area contributed by atoms with Gasteiger partial charge in [-0.1, -0.05) is 26.2 Å². The van der Waals surface area contributed by atoms with Crippen molar-refractivity contribution in [1.82, 2.24) is 10.2 Å². The van der Waals surface area contributed by atoms with E-state index in [9.17, 15) is 9.50 Å². The summed E-state index contributed by atoms with van der Waals surface area (Å²) >= 11 is 0. The molecule has 0 aromatic heterocycles. The molecule has 1 aliphatic rings. The molecule has 0 spiro atoms. The molecule has 0 unspecified atom stereocenters. The van der Waals surface area contributed by atoms with Crippen LogP contribution in [-0.4, -0.2) is 36.2 Å². The van der Waals surface area contributed by atoms with Gasteiger partial charge < -0.3 is 10.4 Å². The molecule has 2 rings (SSSR count). The summed E-state index contributed by atoms with van der Waals surface area (Å²) in [6.45, 7) is 7.77. The lowest BCUT2D eigenvalue weighted by Gasteiger charge is -2.36. The molecule has 0 aliphatic carbocycles. The number of nitrogens with one attached hydrogen (secondary N) is 1. The molecule has 3 nitrogen and oxygen atoms in total. The summed E-state index contributed by atoms with van der Waals surface area (Å²) in [5.41, 5.74) is 1.38. The van der Waals surface area contributed by atoms with Crippen LogP contribution in [0.4, 0.5) is 4.39 Å². The van der Waals surface area contributed by atoms with Gasteiger partial charge in [0, 0.05) is 37.8 Å². The minimum Gasteiger partial charge on any atom is -0.507 e. The SMILES string of the molecule is CCCCC[C@H](c1cc(F)cc(C)c1O)N1CCNCC1. The Labute approximate surface area is 127 Å². The van der Waals surface area contributed by atoms with Gasteiger partial charge in [0.2, 0.25) is 0 Å². The number of hydrogen-bond acceptors (Lipinski definition) is 3. The summed E-state index contributed by atoms with van der Waals surface area (Å²) in [7, 11) is 0. The van der Waals surface area contributed by atoms with Gasteiger partial charge in [-0.15, -0.1) is 0 Å². The molecule has 0 bridgehead atoms. The Morgan fingerprint density at radius 1 is 1.29 bits per heavy atom. The highest BCUT2D eigenvalue weighted by atomic mass is 19.1. The van der Waals surface area contributed by atoms with E-state index in [0.717, 1.165) is 44.6 Å². The van der Waals surface area contributed by atoms with Crippen molar-refractivity contribution in [3.8, 4) is 5.75 Å². The van der Waals surface area contributed by atoms with Gasteiger partial charge in [-0.05, 0) is 31.0 Å². The van der Waals surface area contributed by atoms with Gasteiger partial charge in [-0.3, -0.25) is 4.90 Å². The molecule has 1 saturated heterocycles. The fourth-order valence-corrected chi connectivity index (χ4v) is 3.13. The molecule has 1 atom stereocenters. The van der Waals surface area contributed by atoms with Crippen molar-refractivity contribution in [2.24, 2.45) is 0 Å². The van der Waals surface area contributed by atoms with Gasteiger partial charge in [-0.2, -0.15) is 0 Å². The lowest BCUT2D eigenvalue weighted by Crippen LogP contribution is -2.45. The molecule has 1 aliphatic heterocycles. The molecule has 1 heterocycles. The lowest BCUT2D eigenvalue weighted by atomic mass is 9.95. The van der Waals surface area contributed by atoms with Crippen molar-refractivity contribution in [3.63, 3.8) is 0 Å². The number of phenolic OH excluding ortho intramolecular Hbond substituents is 1. The zero-order valence-corrected chi connectivity index (χ0v) is 13.2. The van der Waals surface area contributed by atoms with Gasteiger partial charge in [0.05, 0.1) is 0 Å². The number of aromatic hydroxyl groups is 1. The molecule has 1 aromatic rings. The molecule has 0 saturated carbocycles. The second-order valence-corrected chi connectivity index (χ2v) is 5.96. The van der Waals surface area contributed by atoms with Crippen LogP contribution in [0, 0.1) is 12.7 Å². The fourth-order valence-electron chi connectivity index (χ4n) is 3.13. The van der Waals surface area contributed by atoms with E-state index in [1.54, 1.807) is 6.92 Å². The van der Waals surface area contributed by atoms with Crippen LogP contribution in [-0.2, 0) is 0 Å². The number of phenols is 1. The summed E-state index contributed by atoms with van der Waals surface area (Å²) in [6.07, 6.45) is 4.43. The van der Waals surface area contributed by atoms with E-state index in [1.165, 1.54) is 25.0 Å². The van der Waals surface area contributed by atoms with Crippen molar-refractivity contribution in [1.29, 1.82) is 0 Å². The van der Waals surface area contributed by atoms with Gasteiger partial charge >= 0.3 is 0 Å². The molecular weight excluding hydrogens is 267 g/mol. The Morgan fingerprint density at radius 2 is 2.00 bits per heavy atom. The normalized spacial score (nSPS) is 17.9. The predicted octanol–water partition coefficient (Wildman–Crippen LogP) is 3.37. The maximum atomic E-state index is 13.8. The van der Waals surface area contributed by atoms with Crippen molar-refractivity contribution in [2.75, 3.05) is 26.2 Å². The summed E-state index contributed by atoms with van der Waals surface area (Å²) in [5.74, 6) is 0.00681. The highest BCUT2D eigenvalue weighted by Crippen LogP contribution is 2.35. The Bertz CT molecular complexity index is 458. The minimum absolute atomic E-state index is 0.119. The van der Waals surface area contributed by atoms with Crippen LogP contribution in [0.3, 0.4) is 0 Å². The van der Waals surface area contributed by atoms with Crippen molar-refractivity contribution < 1.29 is 9.50 Å². The number of aryl methyl sites for hydroxylation is 1. The van der Waals surface area contributed by atoms with Crippen molar-refractivity contribution >= 4 is 0 Å². The van der Waals surface area contributed by atoms with E-state index in [0.29, 0.717) is 5.56 Å². The average molecular weight is 294 g/mol. The van der Waals surface area contributed by atoms with E-state index in [-0.39, 0.29) is 17.6 Å². The van der Waals surface area contributed by atoms with Gasteiger partial charge in [0.1, 0.15) is 11.6 Å². The van der Waals surface area contributed by atoms with Crippen LogP contribution >= 0.6 is 0 Å². The second-order valence-electron chi connectivity index (χ2n) is 5.96. The maximum absolute atomic E-state index is 13.8. The average Bonchev–Trinajstić information content (AvgIpc) is 2.49. The third-order valence-corrected chi connectivity index (χ3v) is 4.33. The first-order valence-electron chi connectivity index (χ1n) is 8.07. The molecule has 1 aromatic carbocycles. The summed E-state index contributed by atoms with van der Waals surface area (Å²) in [6, 6.07) is 3.04. The van der Waals surface area contributed by atoms with Gasteiger partial charge in [-0.25, -0.2) is 4.39 Å². The molecule has 1 fully saturated rings. The second kappa shape index (κ2) is 7.76. The van der Waals surface area contributed by atoms with E-state index >= 15 is 0 Å².